The molecule has 1 atom stereocenters. The summed E-state index contributed by atoms with van der Waals surface area (Å²) in [5.41, 5.74) is 8.70. The molecule has 0 bridgehead atoms. The van der Waals surface area contributed by atoms with Crippen LogP contribution in [0.5, 0.6) is 0 Å². The van der Waals surface area contributed by atoms with E-state index in [2.05, 4.69) is 30.9 Å². The third-order valence-corrected chi connectivity index (χ3v) is 6.17. The Bertz CT molecular complexity index is 1200. The number of hydrogen-bond acceptors (Lipinski definition) is 2. The number of nitrogens with zero attached hydrogens (tertiary/aromatic N) is 2. The summed E-state index contributed by atoms with van der Waals surface area (Å²) in [5, 5.41) is 7.02. The first-order chi connectivity index (χ1) is 14.0. The van der Waals surface area contributed by atoms with Gasteiger partial charge < -0.3 is 0 Å². The van der Waals surface area contributed by atoms with Gasteiger partial charge in [0.2, 0.25) is 0 Å². The highest BCUT2D eigenvalue weighted by Crippen LogP contribution is 2.47. The van der Waals surface area contributed by atoms with E-state index in [0.717, 1.165) is 34.3 Å². The lowest BCUT2D eigenvalue weighted by Gasteiger charge is -2.27. The summed E-state index contributed by atoms with van der Waals surface area (Å²) < 4.78 is 15.1. The van der Waals surface area contributed by atoms with Gasteiger partial charge in [0, 0.05) is 34.5 Å². The molecule has 3 aliphatic rings. The molecule has 0 amide bonds. The lowest BCUT2D eigenvalue weighted by atomic mass is 9.87. The SMILES string of the molecule is C=Cc1cc(F)c(-c2c(C)cccc2C2=CN3N=CC4CC4=C3C=C2C)cc1Cl. The molecule has 2 aromatic carbocycles. The molecule has 2 aliphatic heterocycles. The summed E-state index contributed by atoms with van der Waals surface area (Å²) in [5.74, 6) is 0.201. The summed E-state index contributed by atoms with van der Waals surface area (Å²) in [7, 11) is 0. The van der Waals surface area contributed by atoms with Crippen molar-refractivity contribution in [1.82, 2.24) is 5.01 Å². The van der Waals surface area contributed by atoms with Crippen LogP contribution < -0.4 is 0 Å². The van der Waals surface area contributed by atoms with Crippen LogP contribution in [-0.4, -0.2) is 11.2 Å². The Labute approximate surface area is 175 Å². The quantitative estimate of drug-likeness (QED) is 0.541. The van der Waals surface area contributed by atoms with Crippen LogP contribution in [-0.2, 0) is 0 Å². The molecule has 1 saturated carbocycles. The maximum absolute atomic E-state index is 15.1. The largest absolute Gasteiger partial charge is 0.241 e. The zero-order valence-electron chi connectivity index (χ0n) is 16.3. The van der Waals surface area contributed by atoms with Crippen molar-refractivity contribution >= 4 is 29.5 Å². The molecule has 2 nitrogen and oxygen atoms in total. The number of hydrazone groups is 1. The van der Waals surface area contributed by atoms with Crippen LogP contribution in [0.4, 0.5) is 4.39 Å². The van der Waals surface area contributed by atoms with Crippen molar-refractivity contribution in [3.05, 3.63) is 93.6 Å². The van der Waals surface area contributed by atoms with E-state index in [4.69, 9.17) is 11.6 Å². The third kappa shape index (κ3) is 2.89. The van der Waals surface area contributed by atoms with Crippen molar-refractivity contribution in [3.63, 3.8) is 0 Å². The van der Waals surface area contributed by atoms with Crippen molar-refractivity contribution in [3.8, 4) is 11.1 Å². The molecule has 2 heterocycles. The Morgan fingerprint density at radius 1 is 1.24 bits per heavy atom. The Kier molecular flexibility index (Phi) is 4.11. The molecule has 144 valence electrons. The van der Waals surface area contributed by atoms with Gasteiger partial charge in [0.25, 0.3) is 0 Å². The Balaban J connectivity index is 1.69. The maximum Gasteiger partial charge on any atom is 0.131 e. The van der Waals surface area contributed by atoms with E-state index in [1.165, 1.54) is 17.3 Å². The van der Waals surface area contributed by atoms with Crippen LogP contribution in [0.2, 0.25) is 5.02 Å². The van der Waals surface area contributed by atoms with Gasteiger partial charge in [-0.2, -0.15) is 5.10 Å². The molecule has 0 spiro atoms. The van der Waals surface area contributed by atoms with E-state index in [0.29, 0.717) is 22.1 Å². The minimum absolute atomic E-state index is 0.308. The van der Waals surface area contributed by atoms with Crippen molar-refractivity contribution in [2.45, 2.75) is 20.3 Å². The van der Waals surface area contributed by atoms with Crippen molar-refractivity contribution in [2.24, 2.45) is 11.0 Å². The Morgan fingerprint density at radius 2 is 2.07 bits per heavy atom. The predicted molar refractivity (Wildman–Crippen MR) is 119 cm³/mol. The molecule has 5 rings (SSSR count). The second kappa shape index (κ2) is 6.57. The van der Waals surface area contributed by atoms with Crippen molar-refractivity contribution in [2.75, 3.05) is 0 Å². The number of aryl methyl sites for hydroxylation is 1. The second-order valence-electron chi connectivity index (χ2n) is 7.76. The van der Waals surface area contributed by atoms with Crippen molar-refractivity contribution < 1.29 is 4.39 Å². The highest BCUT2D eigenvalue weighted by atomic mass is 35.5. The number of benzene rings is 2. The summed E-state index contributed by atoms with van der Waals surface area (Å²) in [6.07, 6.45) is 8.92. The van der Waals surface area contributed by atoms with Crippen molar-refractivity contribution in [1.29, 1.82) is 0 Å². The molecular weight excluding hydrogens is 383 g/mol. The van der Waals surface area contributed by atoms with Gasteiger partial charge in [0.05, 0.1) is 5.70 Å². The Hall–Kier alpha value is -2.91. The van der Waals surface area contributed by atoms with Crippen LogP contribution in [0.1, 0.15) is 30.0 Å². The first-order valence-corrected chi connectivity index (χ1v) is 10.0. The average molecular weight is 403 g/mol. The van der Waals surface area contributed by atoms with E-state index in [1.807, 2.05) is 36.3 Å². The molecule has 1 fully saturated rings. The highest BCUT2D eigenvalue weighted by Gasteiger charge is 2.37. The molecule has 0 N–H and O–H groups in total. The zero-order valence-corrected chi connectivity index (χ0v) is 17.1. The number of allylic oxidation sites excluding steroid dienone is 4. The first kappa shape index (κ1) is 18.1. The minimum Gasteiger partial charge on any atom is -0.241 e. The molecule has 0 radical (unpaired) electrons. The van der Waals surface area contributed by atoms with Gasteiger partial charge in [0.15, 0.2) is 0 Å². The summed E-state index contributed by atoms with van der Waals surface area (Å²) in [6.45, 7) is 7.81. The number of hydrogen-bond donors (Lipinski definition) is 0. The van der Waals surface area contributed by atoms with Gasteiger partial charge in [-0.25, -0.2) is 9.40 Å². The van der Waals surface area contributed by atoms with Crippen LogP contribution in [0.3, 0.4) is 0 Å². The molecule has 1 unspecified atom stereocenters. The Morgan fingerprint density at radius 3 is 2.86 bits per heavy atom. The summed E-state index contributed by atoms with van der Waals surface area (Å²) >= 11 is 6.38. The first-order valence-electron chi connectivity index (χ1n) is 9.66. The maximum atomic E-state index is 15.1. The molecular formula is C25H20ClFN2. The lowest BCUT2D eigenvalue weighted by molar-refractivity contribution is 0.503. The average Bonchev–Trinajstić information content (AvgIpc) is 3.49. The molecule has 1 aliphatic carbocycles. The van der Waals surface area contributed by atoms with Gasteiger partial charge in [-0.1, -0.05) is 42.5 Å². The van der Waals surface area contributed by atoms with E-state index >= 15 is 4.39 Å². The molecule has 29 heavy (non-hydrogen) atoms. The van der Waals surface area contributed by atoms with Gasteiger partial charge in [0.1, 0.15) is 5.82 Å². The van der Waals surface area contributed by atoms with Gasteiger partial charge in [-0.3, -0.25) is 0 Å². The standard InChI is InChI=1S/C25H20ClFN2/c1-4-16-10-23(27)20(11-22(16)26)25-14(2)6-5-7-18(25)21-13-29-24(8-15(21)3)19-9-17(19)12-28-29/h4-8,10-13,17H,1,9H2,2-3H3. The zero-order chi connectivity index (χ0) is 20.3. The number of rotatable bonds is 3. The van der Waals surface area contributed by atoms with Crippen LogP contribution >= 0.6 is 11.6 Å². The summed E-state index contributed by atoms with van der Waals surface area (Å²) in [6, 6.07) is 9.18. The lowest BCUT2D eigenvalue weighted by Crippen LogP contribution is -2.17. The normalized spacial score (nSPS) is 19.4. The second-order valence-corrected chi connectivity index (χ2v) is 8.16. The van der Waals surface area contributed by atoms with Crippen LogP contribution in [0.25, 0.3) is 22.8 Å². The smallest absolute Gasteiger partial charge is 0.131 e. The fourth-order valence-electron chi connectivity index (χ4n) is 4.19. The fourth-order valence-corrected chi connectivity index (χ4v) is 4.43. The topological polar surface area (TPSA) is 15.6 Å². The fraction of sp³-hybridized carbons (Fsp3) is 0.160. The predicted octanol–water partition coefficient (Wildman–Crippen LogP) is 6.97. The van der Waals surface area contributed by atoms with Gasteiger partial charge in [-0.05, 0) is 71.9 Å². The highest BCUT2D eigenvalue weighted by molar-refractivity contribution is 6.32. The number of fused-ring (bicyclic) bond motifs is 2. The van der Waals surface area contributed by atoms with Crippen LogP contribution in [0.15, 0.2) is 71.1 Å². The van der Waals surface area contributed by atoms with E-state index in [-0.39, 0.29) is 5.82 Å². The third-order valence-electron chi connectivity index (χ3n) is 5.84. The van der Waals surface area contributed by atoms with E-state index < -0.39 is 0 Å². The molecule has 4 heteroatoms. The minimum atomic E-state index is -0.308. The molecule has 2 aromatic rings. The van der Waals surface area contributed by atoms with Gasteiger partial charge in [-0.15, -0.1) is 0 Å². The van der Waals surface area contributed by atoms with Crippen LogP contribution in [0, 0.1) is 18.7 Å². The number of halogens is 2. The van der Waals surface area contributed by atoms with E-state index in [1.54, 1.807) is 12.1 Å². The van der Waals surface area contributed by atoms with E-state index in [9.17, 15) is 0 Å². The molecule has 0 aromatic heterocycles. The summed E-state index contributed by atoms with van der Waals surface area (Å²) in [4.78, 5) is 0. The monoisotopic (exact) mass is 402 g/mol. The molecule has 0 saturated heterocycles. The van der Waals surface area contributed by atoms with Gasteiger partial charge >= 0.3 is 0 Å².